The van der Waals surface area contributed by atoms with Crippen LogP contribution in [0.3, 0.4) is 0 Å². The summed E-state index contributed by atoms with van der Waals surface area (Å²) in [5.41, 5.74) is 0. The fourth-order valence-corrected chi connectivity index (χ4v) is 1.28. The summed E-state index contributed by atoms with van der Waals surface area (Å²) >= 11 is 0. The fraction of sp³-hybridized carbons (Fsp3) is 1.00. The van der Waals surface area contributed by atoms with E-state index in [1.807, 2.05) is 55.4 Å². The molecule has 0 aromatic rings. The smallest absolute Gasteiger partial charge is 0.0471 e. The molecule has 23 heavy (non-hydrogen) atoms. The standard InChI is InChI=1S/C8H18.C7H16.4C2H6/c1-7(2)5-6-8(3)4;1-4-5-6-7(2)3;4*1-2/h7-8H,5-6H2,1-4H3;7H,4-6H2,1-3H3;4*1-2H3. The second-order valence-electron chi connectivity index (χ2n) is 5.90. The summed E-state index contributed by atoms with van der Waals surface area (Å²) in [7, 11) is 0. The highest BCUT2D eigenvalue weighted by molar-refractivity contribution is 4.48. The SMILES string of the molecule is CC.CC.CC.CC.CC(C)CCC(C)C.CCCCC(C)C. The van der Waals surface area contributed by atoms with Gasteiger partial charge in [0.15, 0.2) is 0 Å². The van der Waals surface area contributed by atoms with Gasteiger partial charge in [0, 0.05) is 0 Å². The third-order valence-corrected chi connectivity index (χ3v) is 2.46. The molecular formula is C23H58. The predicted octanol–water partition coefficient (Wildman–Crippen LogP) is 10.0. The van der Waals surface area contributed by atoms with Crippen molar-refractivity contribution in [2.45, 2.75) is 136 Å². The van der Waals surface area contributed by atoms with Crippen LogP contribution in [0.4, 0.5) is 0 Å². The molecule has 0 atom stereocenters. The second kappa shape index (κ2) is 49.5. The van der Waals surface area contributed by atoms with Gasteiger partial charge in [-0.3, -0.25) is 0 Å². The van der Waals surface area contributed by atoms with E-state index in [1.165, 1.54) is 32.1 Å². The summed E-state index contributed by atoms with van der Waals surface area (Å²) < 4.78 is 0. The topological polar surface area (TPSA) is 0 Å². The van der Waals surface area contributed by atoms with E-state index in [1.54, 1.807) is 0 Å². The van der Waals surface area contributed by atoms with E-state index >= 15 is 0 Å². The molecule has 0 amide bonds. The average Bonchev–Trinajstić information content (AvgIpc) is 2.59. The first-order valence-electron chi connectivity index (χ1n) is 10.9. The molecule has 0 aliphatic rings. The third-order valence-electron chi connectivity index (χ3n) is 2.46. The van der Waals surface area contributed by atoms with Gasteiger partial charge < -0.3 is 0 Å². The first kappa shape index (κ1) is 38.5. The summed E-state index contributed by atoms with van der Waals surface area (Å²) in [5, 5.41) is 0. The summed E-state index contributed by atoms with van der Waals surface area (Å²) in [6.45, 7) is 31.9. The molecule has 0 nitrogen and oxygen atoms in total. The van der Waals surface area contributed by atoms with E-state index < -0.39 is 0 Å². The minimum absolute atomic E-state index is 0.886. The van der Waals surface area contributed by atoms with Crippen molar-refractivity contribution in [2.24, 2.45) is 17.8 Å². The van der Waals surface area contributed by atoms with Gasteiger partial charge in [0.2, 0.25) is 0 Å². The van der Waals surface area contributed by atoms with Crippen molar-refractivity contribution < 1.29 is 0 Å². The Balaban J connectivity index is -0.0000000439. The van der Waals surface area contributed by atoms with Crippen LogP contribution in [-0.4, -0.2) is 0 Å². The zero-order valence-electron chi connectivity index (χ0n) is 20.3. The van der Waals surface area contributed by atoms with Gasteiger partial charge in [-0.25, -0.2) is 0 Å². The zero-order valence-corrected chi connectivity index (χ0v) is 20.3. The largest absolute Gasteiger partial charge is 0.0683 e. The van der Waals surface area contributed by atoms with Crippen LogP contribution in [0.5, 0.6) is 0 Å². The molecule has 0 saturated carbocycles. The van der Waals surface area contributed by atoms with Gasteiger partial charge in [-0.2, -0.15) is 0 Å². The van der Waals surface area contributed by atoms with Crippen LogP contribution in [-0.2, 0) is 0 Å². The van der Waals surface area contributed by atoms with Gasteiger partial charge in [0.1, 0.15) is 0 Å². The Kier molecular flexibility index (Phi) is 82.9. The van der Waals surface area contributed by atoms with Crippen LogP contribution in [0.15, 0.2) is 0 Å². The summed E-state index contributed by atoms with van der Waals surface area (Å²) in [6, 6.07) is 0. The van der Waals surface area contributed by atoms with Crippen molar-refractivity contribution in [3.05, 3.63) is 0 Å². The molecule has 0 saturated heterocycles. The predicted molar refractivity (Wildman–Crippen MR) is 119 cm³/mol. The lowest BCUT2D eigenvalue weighted by atomic mass is 10.0. The molecular weight excluding hydrogens is 276 g/mol. The Labute approximate surface area is 154 Å². The monoisotopic (exact) mass is 334 g/mol. The Bertz CT molecular complexity index is 92.6. The molecule has 150 valence electrons. The van der Waals surface area contributed by atoms with E-state index in [2.05, 4.69) is 48.5 Å². The Morgan fingerprint density at radius 2 is 0.652 bits per heavy atom. The first-order chi connectivity index (χ1) is 10.9. The summed E-state index contributed by atoms with van der Waals surface area (Å²) in [4.78, 5) is 0. The molecule has 0 heterocycles. The Morgan fingerprint density at radius 3 is 0.739 bits per heavy atom. The molecule has 0 spiro atoms. The third kappa shape index (κ3) is 109. The fourth-order valence-electron chi connectivity index (χ4n) is 1.28. The first-order valence-corrected chi connectivity index (χ1v) is 10.9. The molecule has 0 aliphatic carbocycles. The number of hydrogen-bond donors (Lipinski definition) is 0. The lowest BCUT2D eigenvalue weighted by molar-refractivity contribution is 0.476. The molecule has 0 rings (SSSR count). The average molecular weight is 335 g/mol. The van der Waals surface area contributed by atoms with Crippen molar-refractivity contribution in [3.8, 4) is 0 Å². The lowest BCUT2D eigenvalue weighted by Gasteiger charge is -2.05. The lowest BCUT2D eigenvalue weighted by Crippen LogP contribution is -1.91. The minimum atomic E-state index is 0.886. The van der Waals surface area contributed by atoms with Crippen molar-refractivity contribution >= 4 is 0 Å². The van der Waals surface area contributed by atoms with E-state index in [0.29, 0.717) is 0 Å². The minimum Gasteiger partial charge on any atom is -0.0683 e. The van der Waals surface area contributed by atoms with Crippen LogP contribution in [0.2, 0.25) is 0 Å². The maximum Gasteiger partial charge on any atom is -0.0471 e. The molecule has 0 aliphatic heterocycles. The van der Waals surface area contributed by atoms with E-state index in [0.717, 1.165) is 17.8 Å². The maximum atomic E-state index is 2.28. The molecule has 0 aromatic heterocycles. The second-order valence-corrected chi connectivity index (χ2v) is 5.90. The van der Waals surface area contributed by atoms with Gasteiger partial charge in [-0.1, -0.05) is 136 Å². The van der Waals surface area contributed by atoms with Crippen molar-refractivity contribution in [1.82, 2.24) is 0 Å². The number of hydrogen-bond acceptors (Lipinski definition) is 0. The van der Waals surface area contributed by atoms with Crippen LogP contribution in [0.1, 0.15) is 136 Å². The molecule has 0 radical (unpaired) electrons. The van der Waals surface area contributed by atoms with E-state index in [-0.39, 0.29) is 0 Å². The van der Waals surface area contributed by atoms with Gasteiger partial charge >= 0.3 is 0 Å². The van der Waals surface area contributed by atoms with Gasteiger partial charge in [0.25, 0.3) is 0 Å². The number of rotatable bonds is 6. The summed E-state index contributed by atoms with van der Waals surface area (Å²) in [5.74, 6) is 2.68. The zero-order chi connectivity index (χ0) is 20.3. The summed E-state index contributed by atoms with van der Waals surface area (Å²) in [6.07, 6.45) is 6.92. The highest BCUT2D eigenvalue weighted by atomic mass is 14.0. The van der Waals surface area contributed by atoms with Gasteiger partial charge in [-0.15, -0.1) is 0 Å². The molecule has 0 heteroatoms. The van der Waals surface area contributed by atoms with Crippen LogP contribution in [0.25, 0.3) is 0 Å². The molecule has 0 fully saturated rings. The van der Waals surface area contributed by atoms with Crippen molar-refractivity contribution in [1.29, 1.82) is 0 Å². The Morgan fingerprint density at radius 1 is 0.435 bits per heavy atom. The molecule has 0 N–H and O–H groups in total. The van der Waals surface area contributed by atoms with E-state index in [4.69, 9.17) is 0 Å². The van der Waals surface area contributed by atoms with Crippen LogP contribution in [0, 0.1) is 17.8 Å². The van der Waals surface area contributed by atoms with Crippen LogP contribution < -0.4 is 0 Å². The normalized spacial score (nSPS) is 8.09. The quantitative estimate of drug-likeness (QED) is 0.453. The highest BCUT2D eigenvalue weighted by Crippen LogP contribution is 2.09. The molecule has 0 bridgehead atoms. The molecule has 0 unspecified atom stereocenters. The van der Waals surface area contributed by atoms with Gasteiger partial charge in [-0.05, 0) is 17.8 Å². The maximum absolute atomic E-state index is 2.28. The van der Waals surface area contributed by atoms with E-state index in [9.17, 15) is 0 Å². The Hall–Kier alpha value is 0. The van der Waals surface area contributed by atoms with Crippen molar-refractivity contribution in [2.75, 3.05) is 0 Å². The number of unbranched alkanes of at least 4 members (excludes halogenated alkanes) is 1. The van der Waals surface area contributed by atoms with Crippen LogP contribution >= 0.6 is 0 Å². The van der Waals surface area contributed by atoms with Gasteiger partial charge in [0.05, 0.1) is 0 Å². The highest BCUT2D eigenvalue weighted by Gasteiger charge is 1.95. The molecule has 0 aromatic carbocycles. The van der Waals surface area contributed by atoms with Crippen molar-refractivity contribution in [3.63, 3.8) is 0 Å².